The Balaban J connectivity index is 5.19. The maximum atomic E-state index is 13.1. The Morgan fingerprint density at radius 3 is 0.731 bits per heavy atom. The van der Waals surface area contributed by atoms with Crippen LogP contribution in [0, 0.1) is 5.92 Å². The molecule has 0 aliphatic heterocycles. The molecule has 0 fully saturated rings. The molecule has 0 bridgehead atoms. The quantitative estimate of drug-likeness (QED) is 0.0222. The Morgan fingerprint density at radius 2 is 0.495 bits per heavy atom. The van der Waals surface area contributed by atoms with Crippen molar-refractivity contribution in [2.75, 3.05) is 39.6 Å². The first-order chi connectivity index (χ1) is 45.0. The number of unbranched alkanes of at least 4 members (excludes halogenated alkanes) is 46. The second kappa shape index (κ2) is 67.3. The van der Waals surface area contributed by atoms with Crippen molar-refractivity contribution in [2.45, 2.75) is 406 Å². The van der Waals surface area contributed by atoms with Gasteiger partial charge in [0.25, 0.3) is 0 Å². The maximum absolute atomic E-state index is 13.1. The van der Waals surface area contributed by atoms with E-state index in [-0.39, 0.29) is 25.7 Å². The van der Waals surface area contributed by atoms with Crippen LogP contribution >= 0.6 is 15.6 Å². The van der Waals surface area contributed by atoms with E-state index in [2.05, 4.69) is 34.6 Å². The number of esters is 4. The molecule has 0 aromatic carbocycles. The van der Waals surface area contributed by atoms with Crippen molar-refractivity contribution in [3.05, 3.63) is 0 Å². The van der Waals surface area contributed by atoms with E-state index in [1.807, 2.05) is 0 Å². The van der Waals surface area contributed by atoms with Crippen LogP contribution in [-0.4, -0.2) is 96.7 Å². The first kappa shape index (κ1) is 91.1. The molecule has 3 N–H and O–H groups in total. The molecule has 552 valence electrons. The highest BCUT2D eigenvalue weighted by atomic mass is 31.2. The molecule has 0 rings (SSSR count). The van der Waals surface area contributed by atoms with Crippen LogP contribution in [0.1, 0.15) is 388 Å². The normalized spacial score (nSPS) is 14.0. The monoisotopic (exact) mass is 1370 g/mol. The van der Waals surface area contributed by atoms with Gasteiger partial charge in [0.05, 0.1) is 26.4 Å². The summed E-state index contributed by atoms with van der Waals surface area (Å²) in [5.41, 5.74) is 0. The second-order valence-corrected chi connectivity index (χ2v) is 30.1. The van der Waals surface area contributed by atoms with Crippen molar-refractivity contribution in [1.29, 1.82) is 0 Å². The van der Waals surface area contributed by atoms with Gasteiger partial charge < -0.3 is 33.8 Å². The van der Waals surface area contributed by atoms with Gasteiger partial charge in [0, 0.05) is 25.7 Å². The number of aliphatic hydroxyl groups excluding tert-OH is 1. The molecule has 93 heavy (non-hydrogen) atoms. The molecule has 0 aliphatic carbocycles. The fourth-order valence-corrected chi connectivity index (χ4v) is 12.9. The van der Waals surface area contributed by atoms with E-state index >= 15 is 0 Å². The molecular formula is C74H144O17P2. The van der Waals surface area contributed by atoms with Crippen LogP contribution in [0.2, 0.25) is 0 Å². The van der Waals surface area contributed by atoms with Crippen molar-refractivity contribution in [3.63, 3.8) is 0 Å². The predicted octanol–water partition coefficient (Wildman–Crippen LogP) is 21.7. The van der Waals surface area contributed by atoms with E-state index < -0.39 is 97.5 Å². The van der Waals surface area contributed by atoms with Gasteiger partial charge in [-0.15, -0.1) is 0 Å². The van der Waals surface area contributed by atoms with Crippen LogP contribution in [0.3, 0.4) is 0 Å². The number of ether oxygens (including phenoxy) is 4. The zero-order valence-electron chi connectivity index (χ0n) is 60.4. The first-order valence-electron chi connectivity index (χ1n) is 38.6. The van der Waals surface area contributed by atoms with Gasteiger partial charge in [0.1, 0.15) is 19.3 Å². The second-order valence-electron chi connectivity index (χ2n) is 27.2. The fourth-order valence-electron chi connectivity index (χ4n) is 11.4. The Kier molecular flexibility index (Phi) is 65.9. The molecule has 2 unspecified atom stereocenters. The number of aliphatic hydroxyl groups is 1. The van der Waals surface area contributed by atoms with Crippen LogP contribution in [0.5, 0.6) is 0 Å². The molecule has 5 atom stereocenters. The molecule has 0 aromatic rings. The summed E-state index contributed by atoms with van der Waals surface area (Å²) in [6, 6.07) is 0. The minimum Gasteiger partial charge on any atom is -0.462 e. The van der Waals surface area contributed by atoms with Gasteiger partial charge in [-0.2, -0.15) is 0 Å². The van der Waals surface area contributed by atoms with Gasteiger partial charge in [-0.3, -0.25) is 37.3 Å². The predicted molar refractivity (Wildman–Crippen MR) is 377 cm³/mol. The van der Waals surface area contributed by atoms with Gasteiger partial charge >= 0.3 is 39.5 Å². The molecule has 0 spiro atoms. The third kappa shape index (κ3) is 68.4. The number of phosphoric ester groups is 2. The lowest BCUT2D eigenvalue weighted by Gasteiger charge is -2.21. The minimum atomic E-state index is -4.95. The summed E-state index contributed by atoms with van der Waals surface area (Å²) in [5, 5.41) is 10.6. The standard InChI is InChI=1S/C74H144O17P2/c1-6-9-12-15-18-21-22-23-24-25-26-27-32-35-40-45-50-55-60-74(79)91-70(64-85-72(77)58-53-48-43-39-34-31-29-28-30-33-38-41-46-51-56-67(4)5)66-89-93(82,83)87-62-68(75)61-86-92(80,81)88-65-69(90-73(78)59-54-49-44-37-20-17-14-11-8-3)63-84-71(76)57-52-47-42-36-19-16-13-10-7-2/h67-70,75H,6-66H2,1-5H3,(H,80,81)(H,82,83)/t68-,69+,70+/m0/s1. The molecule has 0 saturated heterocycles. The molecule has 0 amide bonds. The fraction of sp³-hybridized carbons (Fsp3) is 0.946. The molecular weight excluding hydrogens is 1220 g/mol. The first-order valence-corrected chi connectivity index (χ1v) is 41.6. The summed E-state index contributed by atoms with van der Waals surface area (Å²) in [7, 11) is -9.90. The SMILES string of the molecule is CCCCCCCCCCCCCCCCCCCCC(=O)O[C@H](COC(=O)CCCCCCCCCCCCCCCCC(C)C)COP(=O)(O)OC[C@@H](O)COP(=O)(O)OC[C@@H](COC(=O)CCCCCCCCCCC)OC(=O)CCCCCCCCCCC. The minimum absolute atomic E-state index is 0.106. The molecule has 0 heterocycles. The average Bonchev–Trinajstić information content (AvgIpc) is 3.48. The van der Waals surface area contributed by atoms with Crippen molar-refractivity contribution >= 4 is 39.5 Å². The van der Waals surface area contributed by atoms with Gasteiger partial charge in [-0.1, -0.05) is 336 Å². The van der Waals surface area contributed by atoms with E-state index in [0.29, 0.717) is 25.7 Å². The zero-order chi connectivity index (χ0) is 68.4. The number of rotatable bonds is 74. The lowest BCUT2D eigenvalue weighted by molar-refractivity contribution is -0.161. The highest BCUT2D eigenvalue weighted by Gasteiger charge is 2.30. The average molecular weight is 1370 g/mol. The largest absolute Gasteiger partial charge is 0.472 e. The third-order valence-electron chi connectivity index (χ3n) is 17.3. The van der Waals surface area contributed by atoms with Crippen LogP contribution in [0.15, 0.2) is 0 Å². The topological polar surface area (TPSA) is 237 Å². The Bertz CT molecular complexity index is 1790. The summed E-state index contributed by atoms with van der Waals surface area (Å²) in [4.78, 5) is 72.6. The molecule has 19 heteroatoms. The summed E-state index contributed by atoms with van der Waals surface area (Å²) in [6.45, 7) is 7.27. The molecule has 0 saturated carbocycles. The van der Waals surface area contributed by atoms with Gasteiger partial charge in [-0.05, 0) is 31.6 Å². The Morgan fingerprint density at radius 1 is 0.290 bits per heavy atom. The number of carbonyl (C=O) groups excluding carboxylic acids is 4. The van der Waals surface area contributed by atoms with Crippen molar-refractivity contribution in [3.8, 4) is 0 Å². The third-order valence-corrected chi connectivity index (χ3v) is 19.2. The zero-order valence-corrected chi connectivity index (χ0v) is 62.2. The number of hydrogen-bond donors (Lipinski definition) is 3. The van der Waals surface area contributed by atoms with Crippen LogP contribution in [0.25, 0.3) is 0 Å². The van der Waals surface area contributed by atoms with E-state index in [4.69, 9.17) is 37.0 Å². The van der Waals surface area contributed by atoms with E-state index in [1.54, 1.807) is 0 Å². The smallest absolute Gasteiger partial charge is 0.462 e. The number of hydrogen-bond acceptors (Lipinski definition) is 15. The summed E-state index contributed by atoms with van der Waals surface area (Å²) < 4.78 is 68.3. The Labute approximate surface area is 568 Å². The molecule has 0 radical (unpaired) electrons. The highest BCUT2D eigenvalue weighted by Crippen LogP contribution is 2.45. The molecule has 0 aliphatic rings. The van der Waals surface area contributed by atoms with Crippen LogP contribution in [-0.2, 0) is 65.4 Å². The number of carbonyl (C=O) groups is 4. The van der Waals surface area contributed by atoms with Crippen LogP contribution in [0.4, 0.5) is 0 Å². The van der Waals surface area contributed by atoms with Crippen LogP contribution < -0.4 is 0 Å². The summed E-state index contributed by atoms with van der Waals surface area (Å²) in [6.07, 6.45) is 55.5. The lowest BCUT2D eigenvalue weighted by atomic mass is 10.0. The van der Waals surface area contributed by atoms with E-state index in [9.17, 15) is 43.2 Å². The van der Waals surface area contributed by atoms with Gasteiger partial charge in [0.2, 0.25) is 0 Å². The molecule has 0 aromatic heterocycles. The number of phosphoric acid groups is 2. The van der Waals surface area contributed by atoms with E-state index in [0.717, 1.165) is 95.8 Å². The summed E-state index contributed by atoms with van der Waals surface area (Å²) in [5.74, 6) is -1.32. The van der Waals surface area contributed by atoms with E-state index in [1.165, 1.54) is 212 Å². The molecule has 17 nitrogen and oxygen atoms in total. The van der Waals surface area contributed by atoms with Gasteiger partial charge in [-0.25, -0.2) is 9.13 Å². The summed E-state index contributed by atoms with van der Waals surface area (Å²) >= 11 is 0. The Hall–Kier alpha value is -1.94. The van der Waals surface area contributed by atoms with Gasteiger partial charge in [0.15, 0.2) is 12.2 Å². The van der Waals surface area contributed by atoms with Crippen molar-refractivity contribution in [2.24, 2.45) is 5.92 Å². The highest BCUT2D eigenvalue weighted by molar-refractivity contribution is 7.47. The maximum Gasteiger partial charge on any atom is 0.472 e. The van der Waals surface area contributed by atoms with Crippen molar-refractivity contribution in [1.82, 2.24) is 0 Å². The van der Waals surface area contributed by atoms with Crippen molar-refractivity contribution < 1.29 is 80.2 Å². The lowest BCUT2D eigenvalue weighted by Crippen LogP contribution is -2.30.